The Hall–Kier alpha value is -4.02. The van der Waals surface area contributed by atoms with Crippen molar-refractivity contribution in [3.63, 3.8) is 0 Å². The highest BCUT2D eigenvalue weighted by Gasteiger charge is 2.26. The predicted molar refractivity (Wildman–Crippen MR) is 105 cm³/mol. The fourth-order valence-corrected chi connectivity index (χ4v) is 3.39. The lowest BCUT2D eigenvalue weighted by Crippen LogP contribution is -1.93. The summed E-state index contributed by atoms with van der Waals surface area (Å²) in [4.78, 5) is 0. The van der Waals surface area contributed by atoms with Crippen LogP contribution in [0.2, 0.25) is 0 Å². The lowest BCUT2D eigenvalue weighted by Gasteiger charge is -2.10. The average molecular weight is 349 g/mol. The van der Waals surface area contributed by atoms with E-state index in [0.29, 0.717) is 5.57 Å². The van der Waals surface area contributed by atoms with Gasteiger partial charge in [0.1, 0.15) is 23.5 Å². The Morgan fingerprint density at radius 1 is 0.778 bits per heavy atom. The van der Waals surface area contributed by atoms with Crippen LogP contribution in [0.4, 0.5) is 11.4 Å². The molecule has 0 unspecified atom stereocenters. The molecular weight excluding hydrogens is 334 g/mol. The van der Waals surface area contributed by atoms with Crippen LogP contribution < -0.4 is 10.1 Å². The smallest absolute Gasteiger partial charge is 0.138 e. The first-order chi connectivity index (χ1) is 13.2. The standard InChI is InChI=1S/C23H15N3O/c1-27-18-9-6-16(7-10-18)26-17-8-11-20-19-4-2-3-5-21(19)23(22(20)12-17)15(13-24)14-25/h2-12,26H,1H3. The van der Waals surface area contributed by atoms with E-state index in [2.05, 4.69) is 5.32 Å². The fraction of sp³-hybridized carbons (Fsp3) is 0.0435. The SMILES string of the molecule is COc1ccc(Nc2ccc3c(c2)C(=C(C#N)C#N)c2ccccc2-3)cc1. The van der Waals surface area contributed by atoms with Crippen molar-refractivity contribution in [1.82, 2.24) is 0 Å². The minimum Gasteiger partial charge on any atom is -0.497 e. The quantitative estimate of drug-likeness (QED) is 0.512. The molecule has 0 saturated carbocycles. The topological polar surface area (TPSA) is 68.8 Å². The molecule has 4 nitrogen and oxygen atoms in total. The summed E-state index contributed by atoms with van der Waals surface area (Å²) in [6.07, 6.45) is 0. The van der Waals surface area contributed by atoms with Crippen LogP contribution in [0.3, 0.4) is 0 Å². The number of nitrogens with zero attached hydrogens (tertiary/aromatic N) is 2. The van der Waals surface area contributed by atoms with Gasteiger partial charge in [-0.3, -0.25) is 0 Å². The number of hydrogen-bond acceptors (Lipinski definition) is 4. The molecule has 1 N–H and O–H groups in total. The summed E-state index contributed by atoms with van der Waals surface area (Å²) in [5, 5.41) is 22.2. The Balaban J connectivity index is 1.80. The molecule has 4 heteroatoms. The Morgan fingerprint density at radius 3 is 2.07 bits per heavy atom. The Bertz CT molecular complexity index is 1130. The number of allylic oxidation sites excluding steroid dienone is 1. The summed E-state index contributed by atoms with van der Waals surface area (Å²) in [7, 11) is 1.64. The highest BCUT2D eigenvalue weighted by atomic mass is 16.5. The summed E-state index contributed by atoms with van der Waals surface area (Å²) < 4.78 is 5.19. The largest absolute Gasteiger partial charge is 0.497 e. The van der Waals surface area contributed by atoms with E-state index in [4.69, 9.17) is 4.74 Å². The van der Waals surface area contributed by atoms with Crippen molar-refractivity contribution in [2.75, 3.05) is 12.4 Å². The van der Waals surface area contributed by atoms with Gasteiger partial charge in [-0.1, -0.05) is 30.3 Å². The maximum atomic E-state index is 9.43. The highest BCUT2D eigenvalue weighted by Crippen LogP contribution is 2.46. The number of anilines is 2. The molecule has 0 aromatic heterocycles. The molecule has 0 heterocycles. The second kappa shape index (κ2) is 6.71. The number of benzene rings is 3. The summed E-state index contributed by atoms with van der Waals surface area (Å²) in [5.41, 5.74) is 6.54. The van der Waals surface area contributed by atoms with Gasteiger partial charge in [-0.15, -0.1) is 0 Å². The number of methoxy groups -OCH3 is 1. The summed E-state index contributed by atoms with van der Waals surface area (Å²) in [5.74, 6) is 0.794. The minimum atomic E-state index is 0.128. The van der Waals surface area contributed by atoms with Crippen LogP contribution in [0.5, 0.6) is 5.75 Å². The molecule has 0 fully saturated rings. The van der Waals surface area contributed by atoms with Gasteiger partial charge in [0.25, 0.3) is 0 Å². The van der Waals surface area contributed by atoms with Crippen molar-refractivity contribution in [1.29, 1.82) is 10.5 Å². The van der Waals surface area contributed by atoms with Gasteiger partial charge in [0.15, 0.2) is 0 Å². The first-order valence-electron chi connectivity index (χ1n) is 8.45. The zero-order chi connectivity index (χ0) is 18.8. The summed E-state index contributed by atoms with van der Waals surface area (Å²) in [6.45, 7) is 0. The fourth-order valence-electron chi connectivity index (χ4n) is 3.39. The van der Waals surface area contributed by atoms with E-state index in [1.54, 1.807) is 7.11 Å². The highest BCUT2D eigenvalue weighted by molar-refractivity contribution is 6.04. The monoisotopic (exact) mass is 349 g/mol. The number of nitriles is 2. The van der Waals surface area contributed by atoms with Crippen LogP contribution in [0.25, 0.3) is 16.7 Å². The van der Waals surface area contributed by atoms with Crippen LogP contribution in [0.15, 0.2) is 72.3 Å². The maximum Gasteiger partial charge on any atom is 0.138 e. The summed E-state index contributed by atoms with van der Waals surface area (Å²) in [6, 6.07) is 25.6. The van der Waals surface area contributed by atoms with E-state index >= 15 is 0 Å². The number of hydrogen-bond donors (Lipinski definition) is 1. The lowest BCUT2D eigenvalue weighted by atomic mass is 9.99. The third kappa shape index (κ3) is 2.80. The van der Waals surface area contributed by atoms with E-state index in [-0.39, 0.29) is 5.57 Å². The van der Waals surface area contributed by atoms with Gasteiger partial charge in [-0.25, -0.2) is 0 Å². The van der Waals surface area contributed by atoms with E-state index < -0.39 is 0 Å². The van der Waals surface area contributed by atoms with Gasteiger partial charge < -0.3 is 10.1 Å². The van der Waals surface area contributed by atoms with Gasteiger partial charge in [0.05, 0.1) is 7.11 Å². The first kappa shape index (κ1) is 16.4. The van der Waals surface area contributed by atoms with Crippen LogP contribution in [0, 0.1) is 22.7 Å². The van der Waals surface area contributed by atoms with Crippen LogP contribution >= 0.6 is 0 Å². The lowest BCUT2D eigenvalue weighted by molar-refractivity contribution is 0.415. The third-order valence-electron chi connectivity index (χ3n) is 4.63. The molecule has 3 aromatic carbocycles. The molecule has 128 valence electrons. The zero-order valence-electron chi connectivity index (χ0n) is 14.7. The average Bonchev–Trinajstić information content (AvgIpc) is 3.04. The molecule has 4 rings (SSSR count). The van der Waals surface area contributed by atoms with Gasteiger partial charge in [-0.2, -0.15) is 10.5 Å². The minimum absolute atomic E-state index is 0.128. The molecule has 0 radical (unpaired) electrons. The number of ether oxygens (including phenoxy) is 1. The normalized spacial score (nSPS) is 11.0. The number of nitrogens with one attached hydrogen (secondary N) is 1. The number of fused-ring (bicyclic) bond motifs is 3. The van der Waals surface area contributed by atoms with Crippen LogP contribution in [-0.4, -0.2) is 7.11 Å². The van der Waals surface area contributed by atoms with Crippen molar-refractivity contribution in [3.05, 3.63) is 83.4 Å². The molecular formula is C23H15N3O. The van der Waals surface area contributed by atoms with Crippen molar-refractivity contribution < 1.29 is 4.74 Å². The molecule has 0 amide bonds. The van der Waals surface area contributed by atoms with Gasteiger partial charge in [0.2, 0.25) is 0 Å². The number of rotatable bonds is 3. The Morgan fingerprint density at radius 2 is 1.41 bits per heavy atom. The van der Waals surface area contributed by atoms with E-state index in [1.807, 2.05) is 78.9 Å². The van der Waals surface area contributed by atoms with Crippen molar-refractivity contribution >= 4 is 16.9 Å². The van der Waals surface area contributed by atoms with Crippen molar-refractivity contribution in [2.45, 2.75) is 0 Å². The zero-order valence-corrected chi connectivity index (χ0v) is 14.7. The van der Waals surface area contributed by atoms with E-state index in [0.717, 1.165) is 39.4 Å². The Labute approximate surface area is 157 Å². The molecule has 1 aliphatic carbocycles. The Kier molecular flexibility index (Phi) is 4.09. The molecule has 0 bridgehead atoms. The van der Waals surface area contributed by atoms with Crippen LogP contribution in [-0.2, 0) is 0 Å². The molecule has 0 atom stereocenters. The predicted octanol–water partition coefficient (Wildman–Crippen LogP) is 5.27. The van der Waals surface area contributed by atoms with Gasteiger partial charge in [0, 0.05) is 16.9 Å². The second-order valence-electron chi connectivity index (χ2n) is 6.13. The molecule has 0 spiro atoms. The van der Waals surface area contributed by atoms with Crippen molar-refractivity contribution in [3.8, 4) is 29.0 Å². The van der Waals surface area contributed by atoms with Gasteiger partial charge in [-0.05, 0) is 58.7 Å². The van der Waals surface area contributed by atoms with Crippen molar-refractivity contribution in [2.24, 2.45) is 0 Å². The molecule has 27 heavy (non-hydrogen) atoms. The molecule has 0 aliphatic heterocycles. The van der Waals surface area contributed by atoms with E-state index in [1.165, 1.54) is 0 Å². The summed E-state index contributed by atoms with van der Waals surface area (Å²) >= 11 is 0. The first-order valence-corrected chi connectivity index (χ1v) is 8.45. The molecule has 1 aliphatic rings. The van der Waals surface area contributed by atoms with E-state index in [9.17, 15) is 10.5 Å². The van der Waals surface area contributed by atoms with Gasteiger partial charge >= 0.3 is 0 Å². The molecule has 3 aromatic rings. The van der Waals surface area contributed by atoms with Crippen LogP contribution in [0.1, 0.15) is 11.1 Å². The maximum absolute atomic E-state index is 9.43. The second-order valence-corrected chi connectivity index (χ2v) is 6.13. The third-order valence-corrected chi connectivity index (χ3v) is 4.63. The molecule has 0 saturated heterocycles.